The van der Waals surface area contributed by atoms with Crippen LogP contribution in [0.2, 0.25) is 5.02 Å². The average molecular weight is 419 g/mol. The van der Waals surface area contributed by atoms with Gasteiger partial charge in [0.25, 0.3) is 5.56 Å². The van der Waals surface area contributed by atoms with E-state index < -0.39 is 0 Å². The Labute approximate surface area is 175 Å². The molecule has 2 saturated heterocycles. The van der Waals surface area contributed by atoms with Crippen LogP contribution in [0, 0.1) is 5.92 Å². The van der Waals surface area contributed by atoms with E-state index in [0.29, 0.717) is 23.9 Å². The molecule has 0 amide bonds. The van der Waals surface area contributed by atoms with Crippen LogP contribution >= 0.6 is 11.6 Å². The summed E-state index contributed by atoms with van der Waals surface area (Å²) in [7, 11) is 2.10. The van der Waals surface area contributed by atoms with Gasteiger partial charge >= 0.3 is 0 Å². The fourth-order valence-electron chi connectivity index (χ4n) is 3.84. The number of nitrogens with zero attached hydrogens (tertiary/aromatic N) is 3. The fraction of sp³-hybridized carbons (Fsp3) is 0.524. The summed E-state index contributed by atoms with van der Waals surface area (Å²) in [6.07, 6.45) is 3.80. The molecular weight excluding hydrogens is 392 g/mol. The Bertz CT molecular complexity index is 880. The normalized spacial score (nSPS) is 23.1. The van der Waals surface area contributed by atoms with Crippen molar-refractivity contribution in [3.05, 3.63) is 51.4 Å². The van der Waals surface area contributed by atoms with Crippen LogP contribution in [-0.4, -0.2) is 61.2 Å². The van der Waals surface area contributed by atoms with Crippen molar-refractivity contribution in [3.8, 4) is 5.69 Å². The number of benzene rings is 1. The second-order valence-electron chi connectivity index (χ2n) is 7.72. The number of hydrogen-bond donors (Lipinski definition) is 1. The maximum atomic E-state index is 12.8. The number of nitrogens with one attached hydrogen (secondary N) is 1. The summed E-state index contributed by atoms with van der Waals surface area (Å²) in [6, 6.07) is 8.05. The molecule has 0 aliphatic carbocycles. The first-order chi connectivity index (χ1) is 14.1. The number of ether oxygens (including phenoxy) is 2. The van der Waals surface area contributed by atoms with Crippen molar-refractivity contribution in [2.75, 3.05) is 51.9 Å². The number of rotatable bonds is 5. The minimum Gasteiger partial charge on any atom is -0.382 e. The first-order valence-electron chi connectivity index (χ1n) is 10.1. The van der Waals surface area contributed by atoms with Crippen LogP contribution in [0.25, 0.3) is 5.69 Å². The molecule has 0 spiro atoms. The molecule has 4 rings (SSSR count). The molecule has 3 heterocycles. The van der Waals surface area contributed by atoms with Crippen molar-refractivity contribution in [1.82, 2.24) is 14.7 Å². The lowest BCUT2D eigenvalue weighted by Gasteiger charge is -2.32. The number of halogens is 1. The topological polar surface area (TPSA) is 68.6 Å². The number of morpholine rings is 1. The summed E-state index contributed by atoms with van der Waals surface area (Å²) in [6.45, 7) is 4.63. The fourth-order valence-corrected chi connectivity index (χ4v) is 4.03. The first-order valence-corrected chi connectivity index (χ1v) is 10.5. The maximum Gasteiger partial charge on any atom is 0.292 e. The van der Waals surface area contributed by atoms with Crippen LogP contribution in [0.5, 0.6) is 0 Å². The van der Waals surface area contributed by atoms with Gasteiger partial charge in [0.05, 0.1) is 43.4 Å². The third-order valence-corrected chi connectivity index (χ3v) is 6.04. The molecule has 8 heteroatoms. The van der Waals surface area contributed by atoms with E-state index in [4.69, 9.17) is 21.1 Å². The number of hydrogen-bond acceptors (Lipinski definition) is 6. The van der Waals surface area contributed by atoms with Crippen LogP contribution < -0.4 is 10.9 Å². The van der Waals surface area contributed by atoms with E-state index >= 15 is 0 Å². The van der Waals surface area contributed by atoms with Crippen molar-refractivity contribution in [1.29, 1.82) is 0 Å². The van der Waals surface area contributed by atoms with Gasteiger partial charge < -0.3 is 14.8 Å². The Morgan fingerprint density at radius 2 is 2.00 bits per heavy atom. The molecule has 2 fully saturated rings. The Balaban J connectivity index is 1.48. The van der Waals surface area contributed by atoms with Crippen LogP contribution in [0.3, 0.4) is 0 Å². The van der Waals surface area contributed by atoms with Crippen LogP contribution in [0.15, 0.2) is 35.3 Å². The molecule has 156 valence electrons. The molecule has 7 nitrogen and oxygen atoms in total. The van der Waals surface area contributed by atoms with Crippen molar-refractivity contribution in [2.24, 2.45) is 5.92 Å². The molecule has 2 aliphatic rings. The van der Waals surface area contributed by atoms with E-state index in [1.165, 1.54) is 4.68 Å². The van der Waals surface area contributed by atoms with E-state index in [1.54, 1.807) is 6.20 Å². The number of anilines is 1. The molecule has 0 radical (unpaired) electrons. The molecular formula is C21H27ClN4O3. The highest BCUT2D eigenvalue weighted by Gasteiger charge is 2.21. The van der Waals surface area contributed by atoms with Gasteiger partial charge in [0.2, 0.25) is 0 Å². The maximum absolute atomic E-state index is 12.8. The third-order valence-electron chi connectivity index (χ3n) is 5.67. The Hall–Kier alpha value is -1.93. The third kappa shape index (κ3) is 4.64. The highest BCUT2D eigenvalue weighted by molar-refractivity contribution is 6.32. The van der Waals surface area contributed by atoms with Crippen LogP contribution in [0.4, 0.5) is 5.69 Å². The predicted octanol–water partition coefficient (Wildman–Crippen LogP) is 2.73. The van der Waals surface area contributed by atoms with Gasteiger partial charge in [-0.1, -0.05) is 23.7 Å². The zero-order valence-corrected chi connectivity index (χ0v) is 17.4. The van der Waals surface area contributed by atoms with Crippen molar-refractivity contribution >= 4 is 17.3 Å². The van der Waals surface area contributed by atoms with Gasteiger partial charge in [-0.3, -0.25) is 9.69 Å². The quantitative estimate of drug-likeness (QED) is 0.805. The van der Waals surface area contributed by atoms with Gasteiger partial charge in [0, 0.05) is 19.7 Å². The molecule has 29 heavy (non-hydrogen) atoms. The van der Waals surface area contributed by atoms with Gasteiger partial charge in [0.1, 0.15) is 5.02 Å². The zero-order chi connectivity index (χ0) is 20.2. The molecule has 1 aromatic carbocycles. The highest BCUT2D eigenvalue weighted by Crippen LogP contribution is 2.24. The molecule has 1 N–H and O–H groups in total. The van der Waals surface area contributed by atoms with E-state index in [0.717, 1.165) is 51.3 Å². The lowest BCUT2D eigenvalue weighted by molar-refractivity contribution is 0.00506. The number of aromatic nitrogens is 2. The smallest absolute Gasteiger partial charge is 0.292 e. The summed E-state index contributed by atoms with van der Waals surface area (Å²) < 4.78 is 12.4. The predicted molar refractivity (Wildman–Crippen MR) is 113 cm³/mol. The SMILES string of the molecule is CN1CCOCC1c1ccc(-n2ncc(NCC3CCCOC3)c(Cl)c2=O)cc1. The van der Waals surface area contributed by atoms with Crippen LogP contribution in [0.1, 0.15) is 24.4 Å². The van der Waals surface area contributed by atoms with Gasteiger partial charge in [0.15, 0.2) is 0 Å². The minimum atomic E-state index is -0.331. The van der Waals surface area contributed by atoms with E-state index in [2.05, 4.69) is 22.4 Å². The van der Waals surface area contributed by atoms with Crippen molar-refractivity contribution < 1.29 is 9.47 Å². The van der Waals surface area contributed by atoms with Gasteiger partial charge in [-0.25, -0.2) is 0 Å². The van der Waals surface area contributed by atoms with Gasteiger partial charge in [-0.15, -0.1) is 0 Å². The summed E-state index contributed by atoms with van der Waals surface area (Å²) in [4.78, 5) is 15.0. The second kappa shape index (κ2) is 9.26. The van der Waals surface area contributed by atoms with Crippen LogP contribution in [-0.2, 0) is 9.47 Å². The second-order valence-corrected chi connectivity index (χ2v) is 8.09. The lowest BCUT2D eigenvalue weighted by Crippen LogP contribution is -2.36. The van der Waals surface area contributed by atoms with Crippen molar-refractivity contribution in [3.63, 3.8) is 0 Å². The molecule has 2 atom stereocenters. The van der Waals surface area contributed by atoms with E-state index in [-0.39, 0.29) is 16.6 Å². The molecule has 1 aromatic heterocycles. The Morgan fingerprint density at radius 1 is 1.21 bits per heavy atom. The molecule has 2 unspecified atom stereocenters. The largest absolute Gasteiger partial charge is 0.382 e. The van der Waals surface area contributed by atoms with Crippen molar-refractivity contribution in [2.45, 2.75) is 18.9 Å². The standard InChI is InChI=1S/C21H27ClN4O3/c1-25-8-10-29-14-19(25)16-4-6-17(7-5-16)26-21(27)20(22)18(12-24-26)23-11-15-3-2-9-28-13-15/h4-7,12,15,19,23H,2-3,8-11,13-14H2,1H3. The minimum absolute atomic E-state index is 0.154. The summed E-state index contributed by atoms with van der Waals surface area (Å²) in [5, 5.41) is 7.73. The molecule has 0 bridgehead atoms. The average Bonchev–Trinajstić information content (AvgIpc) is 2.76. The zero-order valence-electron chi connectivity index (χ0n) is 16.6. The Morgan fingerprint density at radius 3 is 2.72 bits per heavy atom. The van der Waals surface area contributed by atoms with E-state index in [1.807, 2.05) is 24.3 Å². The molecule has 0 saturated carbocycles. The first kappa shape index (κ1) is 20.3. The molecule has 2 aliphatic heterocycles. The summed E-state index contributed by atoms with van der Waals surface area (Å²) in [5.41, 5.74) is 2.08. The molecule has 2 aromatic rings. The number of likely N-dealkylation sites (N-methyl/N-ethyl adjacent to an activating group) is 1. The highest BCUT2D eigenvalue weighted by atomic mass is 35.5. The monoisotopic (exact) mass is 418 g/mol. The lowest BCUT2D eigenvalue weighted by atomic mass is 10.0. The van der Waals surface area contributed by atoms with Gasteiger partial charge in [-0.05, 0) is 43.5 Å². The van der Waals surface area contributed by atoms with E-state index in [9.17, 15) is 4.79 Å². The summed E-state index contributed by atoms with van der Waals surface area (Å²) >= 11 is 6.35. The Kier molecular flexibility index (Phi) is 6.50. The summed E-state index contributed by atoms with van der Waals surface area (Å²) in [5.74, 6) is 0.427. The van der Waals surface area contributed by atoms with Gasteiger partial charge in [-0.2, -0.15) is 9.78 Å².